The number of fused-ring (bicyclic) bond motifs is 1. The maximum absolute atomic E-state index is 5.49. The summed E-state index contributed by atoms with van der Waals surface area (Å²) >= 11 is 1.84. The summed E-state index contributed by atoms with van der Waals surface area (Å²) in [7, 11) is 5.49. The zero-order valence-corrected chi connectivity index (χ0v) is 7.60. The summed E-state index contributed by atoms with van der Waals surface area (Å²) in [6.45, 7) is 0. The molecule has 0 aliphatic carbocycles. The van der Waals surface area contributed by atoms with Crippen LogP contribution in [0.2, 0.25) is 6.32 Å². The molecule has 0 spiro atoms. The summed E-state index contributed by atoms with van der Waals surface area (Å²) in [6.07, 6.45) is 1.74. The van der Waals surface area contributed by atoms with E-state index >= 15 is 0 Å². The molecule has 1 heterocycles. The molecular weight excluding hydrogens is 163 g/mol. The zero-order chi connectivity index (χ0) is 8.39. The lowest BCUT2D eigenvalue weighted by molar-refractivity contribution is 1.18. The van der Waals surface area contributed by atoms with Gasteiger partial charge in [-0.25, -0.2) is 0 Å². The minimum Gasteiger partial charge on any atom is -0.140 e. The third-order valence-electron chi connectivity index (χ3n) is 1.87. The van der Waals surface area contributed by atoms with Gasteiger partial charge in [0.2, 0.25) is 0 Å². The maximum atomic E-state index is 5.49. The molecule has 0 aliphatic heterocycles. The van der Waals surface area contributed by atoms with E-state index in [1.165, 1.54) is 15.0 Å². The molecule has 2 heteroatoms. The van der Waals surface area contributed by atoms with Gasteiger partial charge in [0.1, 0.15) is 0 Å². The Morgan fingerprint density at radius 2 is 2.08 bits per heavy atom. The number of thiophene rings is 1. The van der Waals surface area contributed by atoms with Gasteiger partial charge in [-0.15, -0.1) is 11.3 Å². The number of hydrogen-bond acceptors (Lipinski definition) is 1. The van der Waals surface area contributed by atoms with Crippen molar-refractivity contribution in [2.24, 2.45) is 0 Å². The van der Waals surface area contributed by atoms with Gasteiger partial charge in [0.05, 0.1) is 7.85 Å². The number of benzene rings is 1. The molecule has 0 atom stereocenters. The number of aryl methyl sites for hydroxylation is 1. The van der Waals surface area contributed by atoms with Crippen molar-refractivity contribution < 1.29 is 0 Å². The Bertz CT molecular complexity index is 345. The molecule has 1 aromatic carbocycles. The standard InChI is InChI=1S/C10H9BS/c11-6-5-9-7-8-3-1-2-4-10(8)12-9/h1-4,7H,5-6H2. The first-order valence-corrected chi connectivity index (χ1v) is 4.89. The summed E-state index contributed by atoms with van der Waals surface area (Å²) in [4.78, 5) is 1.39. The van der Waals surface area contributed by atoms with E-state index in [1.807, 2.05) is 11.3 Å². The first-order chi connectivity index (χ1) is 5.90. The van der Waals surface area contributed by atoms with E-state index in [0.29, 0.717) is 0 Å². The lowest BCUT2D eigenvalue weighted by Crippen LogP contribution is -1.74. The smallest absolute Gasteiger partial charge is 0.0657 e. The average molecular weight is 172 g/mol. The maximum Gasteiger partial charge on any atom is 0.0657 e. The van der Waals surface area contributed by atoms with Crippen molar-refractivity contribution in [3.05, 3.63) is 35.2 Å². The monoisotopic (exact) mass is 172 g/mol. The van der Waals surface area contributed by atoms with E-state index < -0.39 is 0 Å². The Labute approximate surface area is 77.6 Å². The fourth-order valence-electron chi connectivity index (χ4n) is 1.30. The van der Waals surface area contributed by atoms with Crippen LogP contribution in [0, 0.1) is 0 Å². The second kappa shape index (κ2) is 3.32. The lowest BCUT2D eigenvalue weighted by Gasteiger charge is -1.86. The normalized spacial score (nSPS) is 10.7. The Morgan fingerprint density at radius 1 is 1.25 bits per heavy atom. The summed E-state index contributed by atoms with van der Waals surface area (Å²) in [5.41, 5.74) is 0. The fraction of sp³-hybridized carbons (Fsp3) is 0.200. The predicted octanol–water partition coefficient (Wildman–Crippen LogP) is 3.03. The van der Waals surface area contributed by atoms with Crippen LogP contribution in [-0.4, -0.2) is 7.85 Å². The van der Waals surface area contributed by atoms with Crippen LogP contribution in [0.3, 0.4) is 0 Å². The Balaban J connectivity index is 2.47. The molecule has 0 saturated carbocycles. The molecule has 0 amide bonds. The molecule has 2 rings (SSSR count). The number of hydrogen-bond donors (Lipinski definition) is 0. The molecule has 58 valence electrons. The molecule has 0 N–H and O–H groups in total. The first kappa shape index (κ1) is 7.87. The van der Waals surface area contributed by atoms with Crippen LogP contribution in [0.15, 0.2) is 30.3 Å². The highest BCUT2D eigenvalue weighted by Gasteiger charge is 1.98. The summed E-state index contributed by atoms with van der Waals surface area (Å²) in [6, 6.07) is 10.7. The molecule has 0 aliphatic rings. The van der Waals surface area contributed by atoms with Crippen molar-refractivity contribution in [3.8, 4) is 0 Å². The summed E-state index contributed by atoms with van der Waals surface area (Å²) in [5, 5.41) is 1.34. The molecule has 0 unspecified atom stereocenters. The molecule has 2 aromatic rings. The van der Waals surface area contributed by atoms with E-state index in [2.05, 4.69) is 30.3 Å². The second-order valence-corrected chi connectivity index (χ2v) is 3.96. The van der Waals surface area contributed by atoms with Crippen LogP contribution < -0.4 is 0 Å². The highest BCUT2D eigenvalue weighted by atomic mass is 32.1. The summed E-state index contributed by atoms with van der Waals surface area (Å²) < 4.78 is 1.36. The molecule has 12 heavy (non-hydrogen) atoms. The van der Waals surface area contributed by atoms with Crippen molar-refractivity contribution in [2.75, 3.05) is 0 Å². The first-order valence-electron chi connectivity index (χ1n) is 4.07. The van der Waals surface area contributed by atoms with Gasteiger partial charge >= 0.3 is 0 Å². The SMILES string of the molecule is [B]CCc1cc2ccccc2s1. The van der Waals surface area contributed by atoms with E-state index in [0.717, 1.165) is 12.7 Å². The van der Waals surface area contributed by atoms with Gasteiger partial charge in [0, 0.05) is 9.58 Å². The van der Waals surface area contributed by atoms with Gasteiger partial charge in [0.15, 0.2) is 0 Å². The van der Waals surface area contributed by atoms with Gasteiger partial charge < -0.3 is 0 Å². The molecule has 0 nitrogen and oxygen atoms in total. The highest BCUT2D eigenvalue weighted by molar-refractivity contribution is 7.19. The van der Waals surface area contributed by atoms with Gasteiger partial charge in [-0.1, -0.05) is 24.5 Å². The van der Waals surface area contributed by atoms with Crippen LogP contribution in [-0.2, 0) is 6.42 Å². The second-order valence-electron chi connectivity index (χ2n) is 2.79. The van der Waals surface area contributed by atoms with E-state index in [9.17, 15) is 0 Å². The Kier molecular flexibility index (Phi) is 2.18. The molecule has 0 fully saturated rings. The summed E-state index contributed by atoms with van der Waals surface area (Å²) in [5.74, 6) is 0. The van der Waals surface area contributed by atoms with Gasteiger partial charge in [0.25, 0.3) is 0 Å². The third kappa shape index (κ3) is 1.39. The minimum absolute atomic E-state index is 0.743. The predicted molar refractivity (Wildman–Crippen MR) is 56.1 cm³/mol. The van der Waals surface area contributed by atoms with E-state index in [4.69, 9.17) is 7.85 Å². The minimum atomic E-state index is 0.743. The molecule has 0 saturated heterocycles. The Hall–Kier alpha value is -0.755. The number of rotatable bonds is 2. The zero-order valence-electron chi connectivity index (χ0n) is 6.79. The highest BCUT2D eigenvalue weighted by Crippen LogP contribution is 2.25. The topological polar surface area (TPSA) is 0 Å². The van der Waals surface area contributed by atoms with E-state index in [-0.39, 0.29) is 0 Å². The van der Waals surface area contributed by atoms with Crippen molar-refractivity contribution in [1.82, 2.24) is 0 Å². The van der Waals surface area contributed by atoms with Gasteiger partial charge in [-0.2, -0.15) is 0 Å². The molecule has 0 bridgehead atoms. The fourth-order valence-corrected chi connectivity index (χ4v) is 2.38. The van der Waals surface area contributed by atoms with Gasteiger partial charge in [-0.05, 0) is 23.9 Å². The van der Waals surface area contributed by atoms with Crippen molar-refractivity contribution in [2.45, 2.75) is 12.7 Å². The Morgan fingerprint density at radius 3 is 2.83 bits per heavy atom. The quantitative estimate of drug-likeness (QED) is 0.610. The van der Waals surface area contributed by atoms with Crippen LogP contribution in [0.1, 0.15) is 4.88 Å². The van der Waals surface area contributed by atoms with Gasteiger partial charge in [-0.3, -0.25) is 0 Å². The lowest BCUT2D eigenvalue weighted by atomic mass is 10.0. The molecular formula is C10H9BS. The largest absolute Gasteiger partial charge is 0.140 e. The van der Waals surface area contributed by atoms with E-state index in [1.54, 1.807) is 0 Å². The van der Waals surface area contributed by atoms with Crippen molar-refractivity contribution in [3.63, 3.8) is 0 Å². The van der Waals surface area contributed by atoms with Crippen LogP contribution in [0.4, 0.5) is 0 Å². The van der Waals surface area contributed by atoms with Crippen LogP contribution in [0.25, 0.3) is 10.1 Å². The third-order valence-corrected chi connectivity index (χ3v) is 3.04. The van der Waals surface area contributed by atoms with Crippen LogP contribution in [0.5, 0.6) is 0 Å². The van der Waals surface area contributed by atoms with Crippen molar-refractivity contribution in [1.29, 1.82) is 0 Å². The molecule has 1 aromatic heterocycles. The van der Waals surface area contributed by atoms with Crippen molar-refractivity contribution >= 4 is 29.3 Å². The van der Waals surface area contributed by atoms with Crippen LogP contribution >= 0.6 is 11.3 Å². The average Bonchev–Trinajstić information content (AvgIpc) is 2.47. The molecule has 2 radical (unpaired) electrons.